The minimum absolute atomic E-state index is 0.0338. The Morgan fingerprint density at radius 1 is 1.38 bits per heavy atom. The predicted octanol–water partition coefficient (Wildman–Crippen LogP) is 1.43. The molecule has 0 radical (unpaired) electrons. The smallest absolute Gasteiger partial charge is 0.324 e. The fourth-order valence-corrected chi connectivity index (χ4v) is 4.97. The van der Waals surface area contributed by atoms with Crippen LogP contribution in [0.15, 0.2) is 0 Å². The zero-order valence-corrected chi connectivity index (χ0v) is 13.9. The number of carbonyl (C=O) groups is 1. The Morgan fingerprint density at radius 2 is 2.10 bits per heavy atom. The van der Waals surface area contributed by atoms with Crippen molar-refractivity contribution in [3.8, 4) is 0 Å². The van der Waals surface area contributed by atoms with E-state index in [1.807, 2.05) is 0 Å². The van der Waals surface area contributed by atoms with Crippen LogP contribution in [-0.2, 0) is 19.7 Å². The minimum atomic E-state index is -3.62. The lowest BCUT2D eigenvalue weighted by Crippen LogP contribution is -2.49. The van der Waals surface area contributed by atoms with Crippen molar-refractivity contribution in [1.29, 1.82) is 0 Å². The quantitative estimate of drug-likeness (QED) is 0.778. The summed E-state index contributed by atoms with van der Waals surface area (Å²) in [6.07, 6.45) is 3.94. The van der Waals surface area contributed by atoms with E-state index >= 15 is 0 Å². The largest absolute Gasteiger partial charge is 0.465 e. The van der Waals surface area contributed by atoms with Crippen molar-refractivity contribution in [3.05, 3.63) is 0 Å². The average molecular weight is 318 g/mol. The Morgan fingerprint density at radius 3 is 2.67 bits per heavy atom. The van der Waals surface area contributed by atoms with Crippen molar-refractivity contribution in [3.63, 3.8) is 0 Å². The van der Waals surface area contributed by atoms with Crippen molar-refractivity contribution in [2.24, 2.45) is 5.41 Å². The summed E-state index contributed by atoms with van der Waals surface area (Å²) in [4.78, 5) is 11.9. The van der Waals surface area contributed by atoms with Crippen molar-refractivity contribution < 1.29 is 17.9 Å². The first-order valence-electron chi connectivity index (χ1n) is 7.71. The summed E-state index contributed by atoms with van der Waals surface area (Å²) in [7, 11) is -3.62. The molecule has 21 heavy (non-hydrogen) atoms. The van der Waals surface area contributed by atoms with Gasteiger partial charge in [-0.1, -0.05) is 13.8 Å². The predicted molar refractivity (Wildman–Crippen MR) is 79.8 cm³/mol. The van der Waals surface area contributed by atoms with Crippen LogP contribution in [0.5, 0.6) is 0 Å². The molecular weight excluding hydrogens is 292 g/mol. The van der Waals surface area contributed by atoms with E-state index in [-0.39, 0.29) is 18.1 Å². The van der Waals surface area contributed by atoms with E-state index in [9.17, 15) is 13.2 Å². The SMILES string of the molecule is CCOC(=O)C1CCCN1S(=O)(=O)NC1CCC(C)(C)C1. The highest BCUT2D eigenvalue weighted by molar-refractivity contribution is 7.87. The van der Waals surface area contributed by atoms with Crippen molar-refractivity contribution in [2.45, 2.75) is 65.0 Å². The zero-order valence-electron chi connectivity index (χ0n) is 13.1. The summed E-state index contributed by atoms with van der Waals surface area (Å²) in [6, 6.07) is -0.703. The second kappa shape index (κ2) is 6.22. The monoisotopic (exact) mass is 318 g/mol. The van der Waals surface area contributed by atoms with Gasteiger partial charge < -0.3 is 4.74 Å². The van der Waals surface area contributed by atoms with Crippen LogP contribution < -0.4 is 4.72 Å². The molecule has 0 aromatic heterocycles. The molecule has 1 heterocycles. The molecule has 0 bridgehead atoms. The van der Waals surface area contributed by atoms with Crippen LogP contribution in [0.1, 0.15) is 52.9 Å². The fraction of sp³-hybridized carbons (Fsp3) is 0.929. The molecule has 0 spiro atoms. The van der Waals surface area contributed by atoms with Gasteiger partial charge in [-0.25, -0.2) is 0 Å². The maximum Gasteiger partial charge on any atom is 0.324 e. The average Bonchev–Trinajstić information content (AvgIpc) is 2.96. The Balaban J connectivity index is 2.03. The van der Waals surface area contributed by atoms with Crippen LogP contribution in [0.3, 0.4) is 0 Å². The van der Waals surface area contributed by atoms with Crippen molar-refractivity contribution in [1.82, 2.24) is 9.03 Å². The lowest BCUT2D eigenvalue weighted by Gasteiger charge is -2.25. The normalized spacial score (nSPS) is 29.7. The zero-order chi connectivity index (χ0) is 15.7. The van der Waals surface area contributed by atoms with Gasteiger partial charge in [0.25, 0.3) is 10.2 Å². The topological polar surface area (TPSA) is 75.7 Å². The molecule has 2 rings (SSSR count). The summed E-state index contributed by atoms with van der Waals surface area (Å²) in [5, 5.41) is 0. The molecule has 0 aromatic carbocycles. The van der Waals surface area contributed by atoms with Gasteiger partial charge in [-0.3, -0.25) is 4.79 Å². The molecule has 0 aromatic rings. The van der Waals surface area contributed by atoms with Crippen LogP contribution in [-0.4, -0.2) is 43.9 Å². The second-order valence-corrected chi connectivity index (χ2v) is 8.40. The molecule has 1 saturated carbocycles. The Bertz CT molecular complexity index is 489. The first-order chi connectivity index (χ1) is 9.75. The molecule has 7 heteroatoms. The Labute approximate surface area is 127 Å². The van der Waals surface area contributed by atoms with Crippen molar-refractivity contribution >= 4 is 16.2 Å². The van der Waals surface area contributed by atoms with E-state index in [1.165, 1.54) is 4.31 Å². The highest BCUT2D eigenvalue weighted by Gasteiger charge is 2.42. The van der Waals surface area contributed by atoms with E-state index in [1.54, 1.807) is 6.92 Å². The van der Waals surface area contributed by atoms with Crippen molar-refractivity contribution in [2.75, 3.05) is 13.2 Å². The standard InChI is InChI=1S/C14H26N2O4S/c1-4-20-13(17)12-6-5-9-16(12)21(18,19)15-11-7-8-14(2,3)10-11/h11-12,15H,4-10H2,1-3H3. The molecule has 1 aliphatic carbocycles. The maximum atomic E-state index is 12.5. The first-order valence-corrected chi connectivity index (χ1v) is 9.15. The number of ether oxygens (including phenoxy) is 1. The fourth-order valence-electron chi connectivity index (χ4n) is 3.32. The third-order valence-electron chi connectivity index (χ3n) is 4.36. The molecule has 2 unspecified atom stereocenters. The van der Waals surface area contributed by atoms with Gasteiger partial charge in [0.05, 0.1) is 6.61 Å². The third-order valence-corrected chi connectivity index (χ3v) is 6.04. The number of nitrogens with zero attached hydrogens (tertiary/aromatic N) is 1. The first kappa shape index (κ1) is 16.7. The van der Waals surface area contributed by atoms with Crippen LogP contribution in [0.2, 0.25) is 0 Å². The van der Waals surface area contributed by atoms with E-state index in [2.05, 4.69) is 18.6 Å². The molecule has 6 nitrogen and oxygen atoms in total. The molecule has 122 valence electrons. The molecule has 1 saturated heterocycles. The Kier molecular flexibility index (Phi) is 4.95. The van der Waals surface area contributed by atoms with Gasteiger partial charge in [0.15, 0.2) is 0 Å². The maximum absolute atomic E-state index is 12.5. The van der Waals surface area contributed by atoms with E-state index in [0.29, 0.717) is 19.4 Å². The van der Waals surface area contributed by atoms with Gasteiger partial charge in [-0.05, 0) is 44.4 Å². The minimum Gasteiger partial charge on any atom is -0.465 e. The molecule has 2 fully saturated rings. The van der Waals surface area contributed by atoms with Crippen LogP contribution in [0.4, 0.5) is 0 Å². The van der Waals surface area contributed by atoms with Crippen LogP contribution >= 0.6 is 0 Å². The molecule has 1 aliphatic heterocycles. The van der Waals surface area contributed by atoms with Crippen LogP contribution in [0, 0.1) is 5.41 Å². The molecule has 2 aliphatic rings. The number of hydrogen-bond acceptors (Lipinski definition) is 4. The van der Waals surface area contributed by atoms with Gasteiger partial charge in [0, 0.05) is 12.6 Å². The van der Waals surface area contributed by atoms with Gasteiger partial charge in [-0.2, -0.15) is 17.4 Å². The number of carbonyl (C=O) groups excluding carboxylic acids is 1. The lowest BCUT2D eigenvalue weighted by atomic mass is 9.92. The third kappa shape index (κ3) is 3.96. The molecule has 1 N–H and O–H groups in total. The number of hydrogen-bond donors (Lipinski definition) is 1. The van der Waals surface area contributed by atoms with Gasteiger partial charge in [-0.15, -0.1) is 0 Å². The molecule has 2 atom stereocenters. The number of rotatable bonds is 5. The van der Waals surface area contributed by atoms with Gasteiger partial charge >= 0.3 is 5.97 Å². The summed E-state index contributed by atoms with van der Waals surface area (Å²) < 4.78 is 34.1. The van der Waals surface area contributed by atoms with Gasteiger partial charge in [0.1, 0.15) is 6.04 Å². The summed E-state index contributed by atoms with van der Waals surface area (Å²) in [6.45, 7) is 6.68. The molecule has 0 amide bonds. The summed E-state index contributed by atoms with van der Waals surface area (Å²) >= 11 is 0. The van der Waals surface area contributed by atoms with Gasteiger partial charge in [0.2, 0.25) is 0 Å². The molecular formula is C14H26N2O4S. The van der Waals surface area contributed by atoms with Crippen LogP contribution in [0.25, 0.3) is 0 Å². The van der Waals surface area contributed by atoms with E-state index in [0.717, 1.165) is 19.3 Å². The Hall–Kier alpha value is -0.660. The highest BCUT2D eigenvalue weighted by Crippen LogP contribution is 2.37. The summed E-state index contributed by atoms with van der Waals surface area (Å²) in [5.41, 5.74) is 0.179. The van der Waals surface area contributed by atoms with E-state index in [4.69, 9.17) is 4.74 Å². The second-order valence-electron chi connectivity index (χ2n) is 6.75. The number of nitrogens with one attached hydrogen (secondary N) is 1. The number of esters is 1. The van der Waals surface area contributed by atoms with E-state index < -0.39 is 22.2 Å². The lowest BCUT2D eigenvalue weighted by molar-refractivity contribution is -0.146. The summed E-state index contributed by atoms with van der Waals surface area (Å²) in [5.74, 6) is -0.438. The highest BCUT2D eigenvalue weighted by atomic mass is 32.2.